The van der Waals surface area contributed by atoms with Crippen molar-refractivity contribution in [3.8, 4) is 23.0 Å². The van der Waals surface area contributed by atoms with Gasteiger partial charge in [0.25, 0.3) is 0 Å². The number of esters is 5. The summed E-state index contributed by atoms with van der Waals surface area (Å²) in [6.45, 7) is 9.30. The van der Waals surface area contributed by atoms with Gasteiger partial charge in [0, 0.05) is 11.1 Å². The fraction of sp³-hybridized carbons (Fsp3) is 0.100. The van der Waals surface area contributed by atoms with Gasteiger partial charge in [-0.15, -0.1) is 0 Å². The minimum atomic E-state index is -0.799. The predicted molar refractivity (Wildman–Crippen MR) is 141 cm³/mol. The van der Waals surface area contributed by atoms with Crippen molar-refractivity contribution >= 4 is 29.8 Å². The number of carbonyl (C=O) groups excluding carboxylic acids is 5. The summed E-state index contributed by atoms with van der Waals surface area (Å²) in [4.78, 5) is 59.5. The summed E-state index contributed by atoms with van der Waals surface area (Å²) in [5.74, 6) is -2.60. The molecule has 0 aromatic heterocycles. The molecule has 0 amide bonds. The third-order valence-electron chi connectivity index (χ3n) is 4.89. The molecule has 0 aliphatic heterocycles. The zero-order valence-corrected chi connectivity index (χ0v) is 21.6. The highest BCUT2D eigenvalue weighted by Gasteiger charge is 2.14. The van der Waals surface area contributed by atoms with Crippen LogP contribution >= 0.6 is 0 Å². The van der Waals surface area contributed by atoms with Gasteiger partial charge in [0.05, 0.1) is 11.1 Å². The van der Waals surface area contributed by atoms with E-state index >= 15 is 0 Å². The van der Waals surface area contributed by atoms with E-state index in [2.05, 4.69) is 13.2 Å². The number of carbonyl (C=O) groups is 5. The lowest BCUT2D eigenvalue weighted by Crippen LogP contribution is -2.19. The van der Waals surface area contributed by atoms with Crippen LogP contribution in [0.5, 0.6) is 23.0 Å². The fourth-order valence-electron chi connectivity index (χ4n) is 2.83. The normalized spacial score (nSPS) is 10.1. The van der Waals surface area contributed by atoms with Gasteiger partial charge < -0.3 is 23.7 Å². The average molecular weight is 545 g/mol. The molecule has 0 unspecified atom stereocenters. The Morgan fingerprint density at radius 1 is 0.525 bits per heavy atom. The van der Waals surface area contributed by atoms with Crippen molar-refractivity contribution in [3.05, 3.63) is 108 Å². The second-order valence-electron chi connectivity index (χ2n) is 8.30. The smallest absolute Gasteiger partial charge is 0.349 e. The standard InChI is InChI=1S/C30H24O10/c1-18(2)27(32)36-17-26(31)37-22-9-5-20(6-10-22)29(34)39-24-13-15-25(16-14-24)40-30(35)21-7-11-23(12-8-21)38-28(33)19(3)4/h5-16H,1,3,17H2,2,4H3. The van der Waals surface area contributed by atoms with Crippen molar-refractivity contribution in [2.75, 3.05) is 6.61 Å². The molecular formula is C30H24O10. The van der Waals surface area contributed by atoms with E-state index in [1.807, 2.05) is 0 Å². The Kier molecular flexibility index (Phi) is 9.68. The third-order valence-corrected chi connectivity index (χ3v) is 4.89. The summed E-state index contributed by atoms with van der Waals surface area (Å²) in [5.41, 5.74) is 0.808. The summed E-state index contributed by atoms with van der Waals surface area (Å²) in [7, 11) is 0. The van der Waals surface area contributed by atoms with Gasteiger partial charge in [0.15, 0.2) is 6.61 Å². The average Bonchev–Trinajstić information content (AvgIpc) is 2.93. The van der Waals surface area contributed by atoms with Crippen molar-refractivity contribution in [2.45, 2.75) is 13.8 Å². The first-order valence-corrected chi connectivity index (χ1v) is 11.7. The van der Waals surface area contributed by atoms with E-state index in [-0.39, 0.29) is 45.3 Å². The first-order valence-electron chi connectivity index (χ1n) is 11.7. The molecule has 0 spiro atoms. The van der Waals surface area contributed by atoms with Gasteiger partial charge in [-0.2, -0.15) is 0 Å². The number of hydrogen-bond acceptors (Lipinski definition) is 10. The van der Waals surface area contributed by atoms with Crippen LogP contribution in [0.15, 0.2) is 97.1 Å². The lowest BCUT2D eigenvalue weighted by atomic mass is 10.2. The van der Waals surface area contributed by atoms with Crippen molar-refractivity contribution in [1.82, 2.24) is 0 Å². The van der Waals surface area contributed by atoms with E-state index in [1.165, 1.54) is 86.6 Å². The summed E-state index contributed by atoms with van der Waals surface area (Å²) in [6, 6.07) is 17.2. The Labute approximate surface area is 229 Å². The van der Waals surface area contributed by atoms with Gasteiger partial charge in [0.1, 0.15) is 23.0 Å². The van der Waals surface area contributed by atoms with Crippen molar-refractivity contribution in [3.63, 3.8) is 0 Å². The molecule has 0 aliphatic rings. The highest BCUT2D eigenvalue weighted by Crippen LogP contribution is 2.21. The highest BCUT2D eigenvalue weighted by atomic mass is 16.6. The Hall–Kier alpha value is -5.51. The highest BCUT2D eigenvalue weighted by molar-refractivity contribution is 5.93. The third kappa shape index (κ3) is 8.52. The number of benzene rings is 3. The maximum Gasteiger partial charge on any atom is 0.349 e. The second kappa shape index (κ2) is 13.3. The molecule has 3 aromatic carbocycles. The molecule has 40 heavy (non-hydrogen) atoms. The van der Waals surface area contributed by atoms with Crippen LogP contribution < -0.4 is 18.9 Å². The van der Waals surface area contributed by atoms with Crippen LogP contribution in [-0.4, -0.2) is 36.5 Å². The SMILES string of the molecule is C=C(C)C(=O)OCC(=O)Oc1ccc(C(=O)Oc2ccc(OC(=O)c3ccc(OC(=O)C(=C)C)cc3)cc2)cc1. The number of ether oxygens (including phenoxy) is 5. The maximum atomic E-state index is 12.5. The maximum absolute atomic E-state index is 12.5. The summed E-state index contributed by atoms with van der Waals surface area (Å²) < 4.78 is 25.5. The molecule has 0 saturated heterocycles. The number of rotatable bonds is 10. The Bertz CT molecular complexity index is 1450. The van der Waals surface area contributed by atoms with Gasteiger partial charge in [-0.25, -0.2) is 24.0 Å². The summed E-state index contributed by atoms with van der Waals surface area (Å²) in [5, 5.41) is 0. The minimum absolute atomic E-state index is 0.140. The van der Waals surface area contributed by atoms with E-state index in [4.69, 9.17) is 23.7 Å². The second-order valence-corrected chi connectivity index (χ2v) is 8.30. The quantitative estimate of drug-likeness (QED) is 0.202. The zero-order valence-electron chi connectivity index (χ0n) is 21.6. The van der Waals surface area contributed by atoms with Crippen molar-refractivity contribution in [1.29, 1.82) is 0 Å². The van der Waals surface area contributed by atoms with Crippen LogP contribution in [0, 0.1) is 0 Å². The fourth-order valence-corrected chi connectivity index (χ4v) is 2.83. The zero-order chi connectivity index (χ0) is 29.2. The Balaban J connectivity index is 1.50. The van der Waals surface area contributed by atoms with Crippen LogP contribution in [0.1, 0.15) is 34.6 Å². The molecule has 0 bridgehead atoms. The van der Waals surface area contributed by atoms with Gasteiger partial charge in [-0.3, -0.25) is 0 Å². The molecule has 10 heteroatoms. The van der Waals surface area contributed by atoms with Gasteiger partial charge in [-0.05, 0) is 86.6 Å². The van der Waals surface area contributed by atoms with Crippen LogP contribution in [0.4, 0.5) is 0 Å². The lowest BCUT2D eigenvalue weighted by Gasteiger charge is -2.08. The first kappa shape index (κ1) is 29.1. The molecule has 0 N–H and O–H groups in total. The molecule has 0 fully saturated rings. The van der Waals surface area contributed by atoms with E-state index in [0.29, 0.717) is 0 Å². The minimum Gasteiger partial charge on any atom is -0.450 e. The van der Waals surface area contributed by atoms with Gasteiger partial charge >= 0.3 is 29.8 Å². The molecule has 204 valence electrons. The van der Waals surface area contributed by atoms with Crippen LogP contribution in [0.2, 0.25) is 0 Å². The number of hydrogen-bond donors (Lipinski definition) is 0. The van der Waals surface area contributed by atoms with E-state index in [1.54, 1.807) is 0 Å². The monoisotopic (exact) mass is 544 g/mol. The molecule has 0 radical (unpaired) electrons. The molecule has 10 nitrogen and oxygen atoms in total. The van der Waals surface area contributed by atoms with Gasteiger partial charge in [-0.1, -0.05) is 13.2 Å². The van der Waals surface area contributed by atoms with Crippen molar-refractivity contribution in [2.24, 2.45) is 0 Å². The Morgan fingerprint density at radius 3 is 1.27 bits per heavy atom. The predicted octanol–water partition coefficient (Wildman–Crippen LogP) is 4.63. The van der Waals surface area contributed by atoms with Crippen molar-refractivity contribution < 1.29 is 47.7 Å². The molecule has 0 heterocycles. The molecule has 0 aliphatic carbocycles. The van der Waals surface area contributed by atoms with Crippen LogP contribution in [-0.2, 0) is 19.1 Å². The van der Waals surface area contributed by atoms with E-state index in [0.717, 1.165) is 0 Å². The topological polar surface area (TPSA) is 132 Å². The lowest BCUT2D eigenvalue weighted by molar-refractivity contribution is -0.150. The van der Waals surface area contributed by atoms with E-state index in [9.17, 15) is 24.0 Å². The molecular weight excluding hydrogens is 520 g/mol. The van der Waals surface area contributed by atoms with Crippen LogP contribution in [0.25, 0.3) is 0 Å². The summed E-state index contributed by atoms with van der Waals surface area (Å²) in [6.07, 6.45) is 0. The Morgan fingerprint density at radius 2 is 0.875 bits per heavy atom. The molecule has 3 aromatic rings. The molecule has 0 saturated carbocycles. The largest absolute Gasteiger partial charge is 0.450 e. The first-order chi connectivity index (χ1) is 19.0. The van der Waals surface area contributed by atoms with E-state index < -0.39 is 36.5 Å². The summed E-state index contributed by atoms with van der Waals surface area (Å²) >= 11 is 0. The molecule has 0 atom stereocenters. The molecule has 3 rings (SSSR count). The van der Waals surface area contributed by atoms with Gasteiger partial charge in [0.2, 0.25) is 0 Å². The van der Waals surface area contributed by atoms with Crippen LogP contribution in [0.3, 0.4) is 0 Å².